The maximum Gasteiger partial charge on any atom is 0.224 e. The molecule has 0 spiro atoms. The van der Waals surface area contributed by atoms with Crippen molar-refractivity contribution in [2.75, 3.05) is 18.4 Å². The highest BCUT2D eigenvalue weighted by molar-refractivity contribution is 7.09. The molecule has 1 amide bonds. The number of carbonyl (C=O) groups is 1. The summed E-state index contributed by atoms with van der Waals surface area (Å²) in [6.07, 6.45) is 4.04. The molecule has 1 aromatic rings. The van der Waals surface area contributed by atoms with E-state index in [1.807, 2.05) is 4.90 Å². The molecular weight excluding hydrogens is 272 g/mol. The molecule has 1 aliphatic heterocycles. The monoisotopic (exact) mass is 296 g/mol. The van der Waals surface area contributed by atoms with Gasteiger partial charge in [-0.05, 0) is 26.2 Å². The summed E-state index contributed by atoms with van der Waals surface area (Å²) in [6.45, 7) is 7.84. The summed E-state index contributed by atoms with van der Waals surface area (Å²) in [5.74, 6) is 1.46. The summed E-state index contributed by atoms with van der Waals surface area (Å²) in [5, 5.41) is 4.02. The molecule has 1 aliphatic rings. The minimum Gasteiger partial charge on any atom is -0.360 e. The summed E-state index contributed by atoms with van der Waals surface area (Å²) >= 11 is 1.37. The van der Waals surface area contributed by atoms with Crippen LogP contribution in [0.25, 0.3) is 0 Å². The third-order valence-corrected chi connectivity index (χ3v) is 4.38. The van der Waals surface area contributed by atoms with Crippen molar-refractivity contribution >= 4 is 22.6 Å². The Morgan fingerprint density at radius 3 is 2.95 bits per heavy atom. The molecule has 1 aromatic heterocycles. The van der Waals surface area contributed by atoms with E-state index in [4.69, 9.17) is 0 Å². The Bertz CT molecular complexity index is 446. The van der Waals surface area contributed by atoms with Crippen LogP contribution in [-0.2, 0) is 4.79 Å². The number of amides is 1. The van der Waals surface area contributed by atoms with Crippen molar-refractivity contribution in [1.82, 2.24) is 14.3 Å². The molecule has 0 unspecified atom stereocenters. The van der Waals surface area contributed by atoms with E-state index in [-0.39, 0.29) is 5.91 Å². The Balaban J connectivity index is 1.75. The van der Waals surface area contributed by atoms with Gasteiger partial charge in [-0.3, -0.25) is 4.79 Å². The minimum atomic E-state index is 0.248. The molecular formula is C14H24N4OS. The van der Waals surface area contributed by atoms with Gasteiger partial charge in [-0.2, -0.15) is 4.37 Å². The van der Waals surface area contributed by atoms with Crippen LogP contribution in [0.15, 0.2) is 0 Å². The first-order valence-corrected chi connectivity index (χ1v) is 8.22. The smallest absolute Gasteiger partial charge is 0.224 e. The van der Waals surface area contributed by atoms with E-state index in [1.165, 1.54) is 18.0 Å². The van der Waals surface area contributed by atoms with Gasteiger partial charge in [0.25, 0.3) is 0 Å². The fraction of sp³-hybridized carbons (Fsp3) is 0.786. The SMILES string of the molecule is CC(C)c1nsc(NCCC(=O)N2CCCC[C@@H]2C)n1. The molecule has 2 rings (SSSR count). The number of rotatable bonds is 5. The van der Waals surface area contributed by atoms with Crippen molar-refractivity contribution in [2.45, 2.75) is 58.4 Å². The number of nitrogens with zero attached hydrogens (tertiary/aromatic N) is 3. The Kier molecular flexibility index (Phi) is 5.34. The molecule has 0 bridgehead atoms. The van der Waals surface area contributed by atoms with Crippen LogP contribution >= 0.6 is 11.5 Å². The first-order chi connectivity index (χ1) is 9.58. The number of hydrogen-bond donors (Lipinski definition) is 1. The lowest BCUT2D eigenvalue weighted by atomic mass is 10.0. The molecule has 1 saturated heterocycles. The maximum absolute atomic E-state index is 12.2. The summed E-state index contributed by atoms with van der Waals surface area (Å²) in [6, 6.07) is 0.394. The zero-order valence-corrected chi connectivity index (χ0v) is 13.4. The highest BCUT2D eigenvalue weighted by Crippen LogP contribution is 2.19. The van der Waals surface area contributed by atoms with Crippen molar-refractivity contribution in [3.05, 3.63) is 5.82 Å². The van der Waals surface area contributed by atoms with Gasteiger partial charge in [0.2, 0.25) is 11.0 Å². The predicted octanol–water partition coefficient (Wildman–Crippen LogP) is 2.86. The third kappa shape index (κ3) is 3.91. The fourth-order valence-corrected chi connectivity index (χ4v) is 3.16. The van der Waals surface area contributed by atoms with Crippen LogP contribution < -0.4 is 5.32 Å². The van der Waals surface area contributed by atoms with E-state index in [0.717, 1.165) is 30.3 Å². The molecule has 1 fully saturated rings. The van der Waals surface area contributed by atoms with E-state index in [0.29, 0.717) is 24.9 Å². The van der Waals surface area contributed by atoms with E-state index in [1.54, 1.807) is 0 Å². The predicted molar refractivity (Wildman–Crippen MR) is 82.1 cm³/mol. The average molecular weight is 296 g/mol. The van der Waals surface area contributed by atoms with Gasteiger partial charge in [-0.25, -0.2) is 4.98 Å². The highest BCUT2D eigenvalue weighted by atomic mass is 32.1. The fourth-order valence-electron chi connectivity index (χ4n) is 2.43. The van der Waals surface area contributed by atoms with E-state index in [9.17, 15) is 4.79 Å². The Labute approximate surface area is 124 Å². The van der Waals surface area contributed by atoms with Crippen molar-refractivity contribution in [3.8, 4) is 0 Å². The largest absolute Gasteiger partial charge is 0.360 e. The standard InChI is InChI=1S/C14H24N4OS/c1-10(2)13-16-14(20-17-13)15-8-7-12(19)18-9-5-4-6-11(18)3/h10-11H,4-9H2,1-3H3,(H,15,16,17)/t11-/m0/s1. The zero-order valence-electron chi connectivity index (χ0n) is 12.6. The first kappa shape index (κ1) is 15.2. The zero-order chi connectivity index (χ0) is 14.5. The van der Waals surface area contributed by atoms with E-state index < -0.39 is 0 Å². The quantitative estimate of drug-likeness (QED) is 0.907. The van der Waals surface area contributed by atoms with Crippen LogP contribution in [-0.4, -0.2) is 39.3 Å². The second-order valence-electron chi connectivity index (χ2n) is 5.72. The molecule has 1 atom stereocenters. The summed E-state index contributed by atoms with van der Waals surface area (Å²) in [5.41, 5.74) is 0. The molecule has 5 nitrogen and oxygen atoms in total. The van der Waals surface area contributed by atoms with Crippen LogP contribution in [0.4, 0.5) is 5.13 Å². The lowest BCUT2D eigenvalue weighted by Gasteiger charge is -2.33. The van der Waals surface area contributed by atoms with Crippen molar-refractivity contribution in [2.24, 2.45) is 0 Å². The summed E-state index contributed by atoms with van der Waals surface area (Å²) < 4.78 is 4.29. The number of piperidine rings is 1. The maximum atomic E-state index is 12.2. The van der Waals surface area contributed by atoms with Gasteiger partial charge in [-0.1, -0.05) is 13.8 Å². The molecule has 0 aliphatic carbocycles. The molecule has 112 valence electrons. The molecule has 1 N–H and O–H groups in total. The molecule has 0 saturated carbocycles. The first-order valence-electron chi connectivity index (χ1n) is 7.45. The van der Waals surface area contributed by atoms with Crippen molar-refractivity contribution in [1.29, 1.82) is 0 Å². The number of hydrogen-bond acceptors (Lipinski definition) is 5. The lowest BCUT2D eigenvalue weighted by Crippen LogP contribution is -2.42. The van der Waals surface area contributed by atoms with Crippen molar-refractivity contribution < 1.29 is 4.79 Å². The highest BCUT2D eigenvalue weighted by Gasteiger charge is 2.22. The molecule has 20 heavy (non-hydrogen) atoms. The summed E-state index contributed by atoms with van der Waals surface area (Å²) in [4.78, 5) is 18.6. The third-order valence-electron chi connectivity index (χ3n) is 3.70. The van der Waals surface area contributed by atoms with Gasteiger partial charge >= 0.3 is 0 Å². The second-order valence-corrected chi connectivity index (χ2v) is 6.47. The number of carbonyl (C=O) groups excluding carboxylic acids is 1. The molecule has 2 heterocycles. The van der Waals surface area contributed by atoms with Gasteiger partial charge < -0.3 is 10.2 Å². The molecule has 0 radical (unpaired) electrons. The van der Waals surface area contributed by atoms with Gasteiger partial charge in [0.15, 0.2) is 0 Å². The molecule has 6 heteroatoms. The van der Waals surface area contributed by atoms with Crippen LogP contribution in [0.2, 0.25) is 0 Å². The van der Waals surface area contributed by atoms with Crippen LogP contribution in [0.5, 0.6) is 0 Å². The minimum absolute atomic E-state index is 0.248. The molecule has 0 aromatic carbocycles. The Hall–Kier alpha value is -1.17. The normalized spacial score (nSPS) is 19.4. The Morgan fingerprint density at radius 2 is 2.30 bits per heavy atom. The van der Waals surface area contributed by atoms with Gasteiger partial charge in [-0.15, -0.1) is 0 Å². The summed E-state index contributed by atoms with van der Waals surface area (Å²) in [7, 11) is 0. The second kappa shape index (κ2) is 7.02. The van der Waals surface area contributed by atoms with E-state index >= 15 is 0 Å². The van der Waals surface area contributed by atoms with Gasteiger partial charge in [0, 0.05) is 43.0 Å². The number of aromatic nitrogens is 2. The number of nitrogens with one attached hydrogen (secondary N) is 1. The number of likely N-dealkylation sites (tertiary alicyclic amines) is 1. The van der Waals surface area contributed by atoms with E-state index in [2.05, 4.69) is 35.4 Å². The Morgan fingerprint density at radius 1 is 1.50 bits per heavy atom. The van der Waals surface area contributed by atoms with Gasteiger partial charge in [0.1, 0.15) is 5.82 Å². The lowest BCUT2D eigenvalue weighted by molar-refractivity contribution is -0.134. The van der Waals surface area contributed by atoms with Crippen molar-refractivity contribution in [3.63, 3.8) is 0 Å². The number of anilines is 1. The van der Waals surface area contributed by atoms with Crippen LogP contribution in [0.1, 0.15) is 58.2 Å². The average Bonchev–Trinajstić information content (AvgIpc) is 2.88. The van der Waals surface area contributed by atoms with Crippen LogP contribution in [0.3, 0.4) is 0 Å². The topological polar surface area (TPSA) is 58.1 Å². The van der Waals surface area contributed by atoms with Gasteiger partial charge in [0.05, 0.1) is 0 Å². The van der Waals surface area contributed by atoms with Crippen LogP contribution in [0, 0.1) is 0 Å².